The first kappa shape index (κ1) is 12.6. The minimum atomic E-state index is -0.365. The van der Waals surface area contributed by atoms with Gasteiger partial charge in [0.2, 0.25) is 0 Å². The Hall–Kier alpha value is -1.89. The van der Waals surface area contributed by atoms with E-state index in [4.69, 9.17) is 4.42 Å². The van der Waals surface area contributed by atoms with E-state index < -0.39 is 0 Å². The monoisotopic (exact) mass is 266 g/mol. The average Bonchev–Trinajstić information content (AvgIpc) is 2.98. The predicted molar refractivity (Wildman–Crippen MR) is 68.6 cm³/mol. The van der Waals surface area contributed by atoms with E-state index in [9.17, 15) is 4.79 Å². The molecule has 7 heteroatoms. The SMILES string of the molecule is CCc1nc([C@H](C)NC(=O)Nc2ncco2)cs1. The number of carbonyl (C=O) groups is 1. The largest absolute Gasteiger partial charge is 0.432 e. The molecule has 18 heavy (non-hydrogen) atoms. The van der Waals surface area contributed by atoms with Crippen molar-refractivity contribution in [3.05, 3.63) is 28.5 Å². The van der Waals surface area contributed by atoms with Crippen LogP contribution in [0.25, 0.3) is 0 Å². The summed E-state index contributed by atoms with van der Waals surface area (Å²) in [6, 6.07) is -0.347. The summed E-state index contributed by atoms with van der Waals surface area (Å²) in [5.41, 5.74) is 0.861. The van der Waals surface area contributed by atoms with Crippen LogP contribution in [0.15, 0.2) is 22.3 Å². The van der Waals surface area contributed by atoms with E-state index in [1.807, 2.05) is 12.3 Å². The molecule has 2 heterocycles. The van der Waals surface area contributed by atoms with Crippen LogP contribution in [0.1, 0.15) is 30.6 Å². The number of aryl methyl sites for hydroxylation is 1. The summed E-state index contributed by atoms with van der Waals surface area (Å²) in [5, 5.41) is 8.27. The normalized spacial score (nSPS) is 12.1. The highest BCUT2D eigenvalue weighted by Gasteiger charge is 2.13. The van der Waals surface area contributed by atoms with Crippen LogP contribution in [0, 0.1) is 0 Å². The fourth-order valence-electron chi connectivity index (χ4n) is 1.38. The first-order chi connectivity index (χ1) is 8.69. The molecule has 0 fully saturated rings. The van der Waals surface area contributed by atoms with E-state index in [1.165, 1.54) is 12.5 Å². The minimum Gasteiger partial charge on any atom is -0.432 e. The molecule has 1 atom stereocenters. The van der Waals surface area contributed by atoms with Crippen LogP contribution in [0.3, 0.4) is 0 Å². The van der Waals surface area contributed by atoms with E-state index in [1.54, 1.807) is 11.3 Å². The third kappa shape index (κ3) is 3.07. The Morgan fingerprint density at radius 3 is 3.06 bits per heavy atom. The number of rotatable bonds is 4. The standard InChI is InChI=1S/C11H14N4O2S/c1-3-9-14-8(6-18-9)7(2)13-10(16)15-11-12-4-5-17-11/h4-7H,3H2,1-2H3,(H2,12,13,15,16)/t7-/m0/s1. The third-order valence-corrected chi connectivity index (χ3v) is 3.33. The van der Waals surface area contributed by atoms with Gasteiger partial charge in [-0.1, -0.05) is 6.92 Å². The van der Waals surface area contributed by atoms with Gasteiger partial charge in [0.25, 0.3) is 0 Å². The van der Waals surface area contributed by atoms with E-state index in [0.717, 1.165) is 17.1 Å². The van der Waals surface area contributed by atoms with Crippen LogP contribution in [0.2, 0.25) is 0 Å². The van der Waals surface area contributed by atoms with E-state index in [2.05, 4.69) is 27.5 Å². The quantitative estimate of drug-likeness (QED) is 0.891. The van der Waals surface area contributed by atoms with Gasteiger partial charge in [0.1, 0.15) is 6.26 Å². The Kier molecular flexibility index (Phi) is 3.93. The van der Waals surface area contributed by atoms with Crippen LogP contribution in [-0.2, 0) is 6.42 Å². The summed E-state index contributed by atoms with van der Waals surface area (Å²) in [5.74, 6) is 0. The van der Waals surface area contributed by atoms with Crippen molar-refractivity contribution >= 4 is 23.4 Å². The number of nitrogens with one attached hydrogen (secondary N) is 2. The van der Waals surface area contributed by atoms with E-state index in [0.29, 0.717) is 0 Å². The molecule has 2 rings (SSSR count). The van der Waals surface area contributed by atoms with Crippen LogP contribution in [0.4, 0.5) is 10.8 Å². The lowest BCUT2D eigenvalue weighted by Crippen LogP contribution is -2.31. The van der Waals surface area contributed by atoms with Crippen LogP contribution < -0.4 is 10.6 Å². The fraction of sp³-hybridized carbons (Fsp3) is 0.364. The zero-order valence-corrected chi connectivity index (χ0v) is 11.0. The van der Waals surface area contributed by atoms with Gasteiger partial charge in [0.15, 0.2) is 0 Å². The third-order valence-electron chi connectivity index (χ3n) is 2.32. The lowest BCUT2D eigenvalue weighted by Gasteiger charge is -2.10. The molecule has 0 aliphatic rings. The molecule has 0 radical (unpaired) electrons. The van der Waals surface area contributed by atoms with E-state index >= 15 is 0 Å². The second-order valence-electron chi connectivity index (χ2n) is 3.68. The second kappa shape index (κ2) is 5.63. The number of anilines is 1. The molecule has 2 amide bonds. The van der Waals surface area contributed by atoms with Crippen molar-refractivity contribution in [1.82, 2.24) is 15.3 Å². The molecule has 6 nitrogen and oxygen atoms in total. The minimum absolute atomic E-state index is 0.156. The Balaban J connectivity index is 1.90. The number of urea groups is 1. The first-order valence-corrected chi connectivity index (χ1v) is 6.48. The number of aromatic nitrogens is 2. The number of hydrogen-bond donors (Lipinski definition) is 2. The molecular weight excluding hydrogens is 252 g/mol. The van der Waals surface area contributed by atoms with Crippen LogP contribution in [-0.4, -0.2) is 16.0 Å². The summed E-state index contributed by atoms with van der Waals surface area (Å²) < 4.78 is 4.92. The maximum absolute atomic E-state index is 11.6. The number of nitrogens with zero attached hydrogens (tertiary/aromatic N) is 2. The smallest absolute Gasteiger partial charge is 0.323 e. The molecule has 0 aliphatic heterocycles. The predicted octanol–water partition coefficient (Wildman–Crippen LogP) is 2.58. The fourth-order valence-corrected chi connectivity index (χ4v) is 2.21. The highest BCUT2D eigenvalue weighted by atomic mass is 32.1. The van der Waals surface area contributed by atoms with Gasteiger partial charge in [-0.3, -0.25) is 5.32 Å². The highest BCUT2D eigenvalue weighted by Crippen LogP contribution is 2.16. The van der Waals surface area contributed by atoms with Gasteiger partial charge in [0.05, 0.1) is 22.9 Å². The number of thiazole rings is 1. The molecule has 2 aromatic heterocycles. The first-order valence-electron chi connectivity index (χ1n) is 5.60. The lowest BCUT2D eigenvalue weighted by molar-refractivity contribution is 0.248. The van der Waals surface area contributed by atoms with Crippen LogP contribution in [0.5, 0.6) is 0 Å². The molecule has 2 N–H and O–H groups in total. The highest BCUT2D eigenvalue weighted by molar-refractivity contribution is 7.09. The Bertz CT molecular complexity index is 509. The van der Waals surface area contributed by atoms with Gasteiger partial charge in [-0.2, -0.15) is 0 Å². The molecule has 0 bridgehead atoms. The summed E-state index contributed by atoms with van der Waals surface area (Å²) in [4.78, 5) is 19.8. The molecule has 0 saturated carbocycles. The molecule has 2 aromatic rings. The Morgan fingerprint density at radius 2 is 2.44 bits per heavy atom. The molecular formula is C11H14N4O2S. The molecule has 0 aliphatic carbocycles. The number of oxazole rings is 1. The van der Waals surface area contributed by atoms with Crippen molar-refractivity contribution in [3.8, 4) is 0 Å². The zero-order chi connectivity index (χ0) is 13.0. The molecule has 96 valence electrons. The van der Waals surface area contributed by atoms with Crippen molar-refractivity contribution in [3.63, 3.8) is 0 Å². The molecule has 0 spiro atoms. The average molecular weight is 266 g/mol. The van der Waals surface area contributed by atoms with Crippen molar-refractivity contribution in [2.75, 3.05) is 5.32 Å². The molecule has 0 aromatic carbocycles. The molecule has 0 unspecified atom stereocenters. The number of hydrogen-bond acceptors (Lipinski definition) is 5. The topological polar surface area (TPSA) is 80.0 Å². The maximum atomic E-state index is 11.6. The number of carbonyl (C=O) groups excluding carboxylic acids is 1. The second-order valence-corrected chi connectivity index (χ2v) is 4.62. The van der Waals surface area contributed by atoms with E-state index in [-0.39, 0.29) is 18.1 Å². The number of amides is 2. The Morgan fingerprint density at radius 1 is 1.61 bits per heavy atom. The summed E-state index contributed by atoms with van der Waals surface area (Å²) in [7, 11) is 0. The summed E-state index contributed by atoms with van der Waals surface area (Å²) >= 11 is 1.60. The van der Waals surface area contributed by atoms with Gasteiger partial charge in [0, 0.05) is 5.38 Å². The molecule has 0 saturated heterocycles. The van der Waals surface area contributed by atoms with Gasteiger partial charge < -0.3 is 9.73 Å². The van der Waals surface area contributed by atoms with Gasteiger partial charge in [-0.15, -0.1) is 11.3 Å². The Labute approximate surface area is 108 Å². The van der Waals surface area contributed by atoms with Crippen LogP contribution >= 0.6 is 11.3 Å². The van der Waals surface area contributed by atoms with Gasteiger partial charge in [-0.05, 0) is 13.3 Å². The zero-order valence-electron chi connectivity index (χ0n) is 10.1. The maximum Gasteiger partial charge on any atom is 0.323 e. The van der Waals surface area contributed by atoms with Crippen molar-refractivity contribution in [2.45, 2.75) is 26.3 Å². The van der Waals surface area contributed by atoms with Crippen molar-refractivity contribution in [2.24, 2.45) is 0 Å². The van der Waals surface area contributed by atoms with Crippen molar-refractivity contribution < 1.29 is 9.21 Å². The summed E-state index contributed by atoms with van der Waals surface area (Å²) in [6.07, 6.45) is 3.76. The lowest BCUT2D eigenvalue weighted by atomic mass is 10.3. The van der Waals surface area contributed by atoms with Crippen molar-refractivity contribution in [1.29, 1.82) is 0 Å². The van der Waals surface area contributed by atoms with Gasteiger partial charge >= 0.3 is 12.0 Å². The van der Waals surface area contributed by atoms with Gasteiger partial charge in [-0.25, -0.2) is 14.8 Å². The summed E-state index contributed by atoms with van der Waals surface area (Å²) in [6.45, 7) is 3.93.